The third-order valence-electron chi connectivity index (χ3n) is 5.17. The van der Waals surface area contributed by atoms with Gasteiger partial charge < -0.3 is 4.74 Å². The maximum Gasteiger partial charge on any atom is 0.163 e. The molecule has 0 saturated carbocycles. The van der Waals surface area contributed by atoms with Gasteiger partial charge in [-0.3, -0.25) is 4.79 Å². The van der Waals surface area contributed by atoms with E-state index in [0.717, 1.165) is 45.9 Å². The van der Waals surface area contributed by atoms with E-state index in [0.29, 0.717) is 23.6 Å². The van der Waals surface area contributed by atoms with Gasteiger partial charge in [-0.2, -0.15) is 10.4 Å². The molecule has 140 valence electrons. The number of carbonyl (C=O) groups is 1. The maximum absolute atomic E-state index is 11.9. The van der Waals surface area contributed by atoms with E-state index in [9.17, 15) is 4.79 Å². The van der Waals surface area contributed by atoms with Gasteiger partial charge >= 0.3 is 0 Å². The minimum atomic E-state index is 0.179. The minimum Gasteiger partial charge on any atom is -0.488 e. The topological polar surface area (TPSA) is 67.9 Å². The molecule has 28 heavy (non-hydrogen) atoms. The Morgan fingerprint density at radius 3 is 2.82 bits per heavy atom. The van der Waals surface area contributed by atoms with Crippen molar-refractivity contribution in [2.75, 3.05) is 0 Å². The van der Waals surface area contributed by atoms with Gasteiger partial charge in [-0.15, -0.1) is 0 Å². The lowest BCUT2D eigenvalue weighted by Gasteiger charge is -2.11. The lowest BCUT2D eigenvalue weighted by atomic mass is 10.1. The highest BCUT2D eigenvalue weighted by Gasteiger charge is 2.23. The van der Waals surface area contributed by atoms with Crippen LogP contribution in [-0.2, 0) is 13.0 Å². The maximum atomic E-state index is 11.9. The summed E-state index contributed by atoms with van der Waals surface area (Å²) in [4.78, 5) is 11.9. The number of rotatable bonds is 4. The SMILES string of the molecule is Cc1nn(-c2ccc(C#N)c(Cl)c2)c(C)c1COc1cccc2c1CCC2=O. The molecule has 4 rings (SSSR count). The molecule has 0 aliphatic heterocycles. The van der Waals surface area contributed by atoms with Crippen LogP contribution in [0.25, 0.3) is 5.69 Å². The summed E-state index contributed by atoms with van der Waals surface area (Å²) in [5.74, 6) is 0.939. The zero-order valence-electron chi connectivity index (χ0n) is 15.6. The molecular formula is C22H18ClN3O2. The second kappa shape index (κ2) is 7.14. The van der Waals surface area contributed by atoms with Crippen LogP contribution in [0.2, 0.25) is 5.02 Å². The van der Waals surface area contributed by atoms with Crippen LogP contribution in [0.1, 0.15) is 44.9 Å². The summed E-state index contributed by atoms with van der Waals surface area (Å²) in [6.07, 6.45) is 1.27. The summed E-state index contributed by atoms with van der Waals surface area (Å²) < 4.78 is 7.89. The lowest BCUT2D eigenvalue weighted by Crippen LogP contribution is -2.03. The monoisotopic (exact) mass is 391 g/mol. The van der Waals surface area contributed by atoms with E-state index in [1.807, 2.05) is 38.1 Å². The summed E-state index contributed by atoms with van der Waals surface area (Å²) in [6, 6.07) is 12.9. The quantitative estimate of drug-likeness (QED) is 0.645. The average Bonchev–Trinajstić information content (AvgIpc) is 3.20. The van der Waals surface area contributed by atoms with E-state index >= 15 is 0 Å². The molecule has 0 radical (unpaired) electrons. The molecule has 1 aliphatic carbocycles. The van der Waals surface area contributed by atoms with Crippen molar-refractivity contribution in [1.29, 1.82) is 5.26 Å². The third kappa shape index (κ3) is 3.06. The van der Waals surface area contributed by atoms with E-state index < -0.39 is 0 Å². The number of carbonyl (C=O) groups excluding carboxylic acids is 1. The average molecular weight is 392 g/mol. The molecule has 0 N–H and O–H groups in total. The first kappa shape index (κ1) is 18.3. The van der Waals surface area contributed by atoms with Gasteiger partial charge in [0, 0.05) is 28.8 Å². The molecule has 3 aromatic rings. The van der Waals surface area contributed by atoms with Crippen LogP contribution in [0.3, 0.4) is 0 Å². The molecule has 2 aromatic carbocycles. The first-order valence-electron chi connectivity index (χ1n) is 9.02. The molecule has 1 heterocycles. The predicted molar refractivity (Wildman–Crippen MR) is 106 cm³/mol. The van der Waals surface area contributed by atoms with Crippen LogP contribution < -0.4 is 4.74 Å². The number of Topliss-reactive ketones (excluding diaryl/α,β-unsaturated/α-hetero) is 1. The van der Waals surface area contributed by atoms with Crippen LogP contribution in [0, 0.1) is 25.2 Å². The standard InChI is InChI=1S/C22H18ClN3O2/c1-13-19(12-28-22-5-3-4-17-18(22)8-9-21(17)27)14(2)26(25-13)16-7-6-15(11-24)20(23)10-16/h3-7,10H,8-9,12H2,1-2H3. The molecule has 0 saturated heterocycles. The highest BCUT2D eigenvalue weighted by Crippen LogP contribution is 2.31. The first-order chi connectivity index (χ1) is 13.5. The molecule has 0 bridgehead atoms. The van der Waals surface area contributed by atoms with Crippen molar-refractivity contribution in [2.24, 2.45) is 0 Å². The van der Waals surface area contributed by atoms with Gasteiger partial charge in [-0.25, -0.2) is 4.68 Å². The Balaban J connectivity index is 1.62. The van der Waals surface area contributed by atoms with E-state index in [1.165, 1.54) is 0 Å². The second-order valence-electron chi connectivity index (χ2n) is 6.83. The third-order valence-corrected chi connectivity index (χ3v) is 5.48. The largest absolute Gasteiger partial charge is 0.488 e. The van der Waals surface area contributed by atoms with E-state index in [2.05, 4.69) is 11.2 Å². The zero-order valence-corrected chi connectivity index (χ0v) is 16.4. The number of nitriles is 1. The highest BCUT2D eigenvalue weighted by atomic mass is 35.5. The molecular weight excluding hydrogens is 374 g/mol. The van der Waals surface area contributed by atoms with Crippen molar-refractivity contribution in [1.82, 2.24) is 9.78 Å². The number of hydrogen-bond donors (Lipinski definition) is 0. The Hall–Kier alpha value is -3.10. The summed E-state index contributed by atoms with van der Waals surface area (Å²) >= 11 is 6.17. The van der Waals surface area contributed by atoms with Crippen molar-refractivity contribution in [3.05, 3.63) is 75.1 Å². The molecule has 6 heteroatoms. The number of fused-ring (bicyclic) bond motifs is 1. The van der Waals surface area contributed by atoms with E-state index in [4.69, 9.17) is 21.6 Å². The Morgan fingerprint density at radius 1 is 1.25 bits per heavy atom. The van der Waals surface area contributed by atoms with Gasteiger partial charge in [0.2, 0.25) is 0 Å². The first-order valence-corrected chi connectivity index (χ1v) is 9.40. The van der Waals surface area contributed by atoms with Gasteiger partial charge in [0.1, 0.15) is 18.4 Å². The predicted octanol–water partition coefficient (Wildman–Crippen LogP) is 4.72. The lowest BCUT2D eigenvalue weighted by molar-refractivity contribution is 0.0994. The Labute approximate surface area is 168 Å². The number of aryl methyl sites for hydroxylation is 1. The minimum absolute atomic E-state index is 0.179. The van der Waals surface area contributed by atoms with E-state index in [-0.39, 0.29) is 5.78 Å². The van der Waals surface area contributed by atoms with Crippen molar-refractivity contribution in [2.45, 2.75) is 33.3 Å². The fourth-order valence-electron chi connectivity index (χ4n) is 3.60. The zero-order chi connectivity index (χ0) is 19.8. The molecule has 0 amide bonds. The van der Waals surface area contributed by atoms with Gasteiger partial charge in [0.15, 0.2) is 5.78 Å². The van der Waals surface area contributed by atoms with Crippen molar-refractivity contribution < 1.29 is 9.53 Å². The Kier molecular flexibility index (Phi) is 4.66. The number of nitrogens with zero attached hydrogens (tertiary/aromatic N) is 3. The molecule has 0 unspecified atom stereocenters. The fourth-order valence-corrected chi connectivity index (χ4v) is 3.82. The summed E-state index contributed by atoms with van der Waals surface area (Å²) in [6.45, 7) is 4.28. The molecule has 0 spiro atoms. The summed E-state index contributed by atoms with van der Waals surface area (Å²) in [5.41, 5.74) is 5.79. The molecule has 1 aliphatic rings. The number of ether oxygens (including phenoxy) is 1. The highest BCUT2D eigenvalue weighted by molar-refractivity contribution is 6.31. The van der Waals surface area contributed by atoms with Crippen LogP contribution in [0.4, 0.5) is 0 Å². The van der Waals surface area contributed by atoms with Gasteiger partial charge in [-0.1, -0.05) is 23.7 Å². The number of halogens is 1. The second-order valence-corrected chi connectivity index (χ2v) is 7.24. The van der Waals surface area contributed by atoms with Gasteiger partial charge in [-0.05, 0) is 44.5 Å². The molecule has 1 aromatic heterocycles. The molecule has 0 atom stereocenters. The number of ketones is 1. The summed E-state index contributed by atoms with van der Waals surface area (Å²) in [7, 11) is 0. The number of aromatic nitrogens is 2. The van der Waals surface area contributed by atoms with Gasteiger partial charge in [0.25, 0.3) is 0 Å². The molecule has 0 fully saturated rings. The van der Waals surface area contributed by atoms with Crippen molar-refractivity contribution in [3.63, 3.8) is 0 Å². The van der Waals surface area contributed by atoms with Gasteiger partial charge in [0.05, 0.1) is 22.0 Å². The molecule has 5 nitrogen and oxygen atoms in total. The number of hydrogen-bond acceptors (Lipinski definition) is 4. The van der Waals surface area contributed by atoms with Crippen molar-refractivity contribution in [3.8, 4) is 17.5 Å². The van der Waals surface area contributed by atoms with E-state index in [1.54, 1.807) is 16.8 Å². The Morgan fingerprint density at radius 2 is 2.07 bits per heavy atom. The normalized spacial score (nSPS) is 12.7. The number of benzene rings is 2. The van der Waals surface area contributed by atoms with Crippen molar-refractivity contribution >= 4 is 17.4 Å². The fraction of sp³-hybridized carbons (Fsp3) is 0.227. The van der Waals surface area contributed by atoms with Crippen LogP contribution in [0.5, 0.6) is 5.75 Å². The van der Waals surface area contributed by atoms with Crippen LogP contribution >= 0.6 is 11.6 Å². The summed E-state index contributed by atoms with van der Waals surface area (Å²) in [5, 5.41) is 14.1. The smallest absolute Gasteiger partial charge is 0.163 e. The van der Waals surface area contributed by atoms with Crippen LogP contribution in [0.15, 0.2) is 36.4 Å². The van der Waals surface area contributed by atoms with Crippen LogP contribution in [-0.4, -0.2) is 15.6 Å². The Bertz CT molecular complexity index is 1140.